The lowest BCUT2D eigenvalue weighted by Crippen LogP contribution is -2.39. The maximum Gasteiger partial charge on any atom is 0.258 e. The van der Waals surface area contributed by atoms with Gasteiger partial charge in [0.2, 0.25) is 0 Å². The van der Waals surface area contributed by atoms with E-state index in [0.717, 1.165) is 5.75 Å². The zero-order valence-electron chi connectivity index (χ0n) is 11.4. The number of nitrogens with one attached hydrogen (secondary N) is 1. The SMILES string of the molecule is CCOc1ccc(OCC(=O)NC(CC)CO)cc1. The van der Waals surface area contributed by atoms with Crippen LogP contribution in [0.3, 0.4) is 0 Å². The van der Waals surface area contributed by atoms with Crippen LogP contribution in [0.2, 0.25) is 0 Å². The van der Waals surface area contributed by atoms with Gasteiger partial charge < -0.3 is 19.9 Å². The van der Waals surface area contributed by atoms with Crippen LogP contribution in [-0.2, 0) is 4.79 Å². The first-order valence-corrected chi connectivity index (χ1v) is 6.45. The van der Waals surface area contributed by atoms with E-state index in [0.29, 0.717) is 18.8 Å². The minimum atomic E-state index is -0.241. The molecule has 0 heterocycles. The summed E-state index contributed by atoms with van der Waals surface area (Å²) in [6.07, 6.45) is 0.686. The van der Waals surface area contributed by atoms with Crippen LogP contribution < -0.4 is 14.8 Å². The van der Waals surface area contributed by atoms with Crippen molar-refractivity contribution < 1.29 is 19.4 Å². The summed E-state index contributed by atoms with van der Waals surface area (Å²) in [5, 5.41) is 11.7. The first-order chi connectivity index (χ1) is 9.19. The summed E-state index contributed by atoms with van der Waals surface area (Å²) in [4.78, 5) is 11.5. The predicted octanol–water partition coefficient (Wildman–Crippen LogP) is 1.35. The number of hydrogen-bond donors (Lipinski definition) is 2. The van der Waals surface area contributed by atoms with Crippen molar-refractivity contribution in [2.45, 2.75) is 26.3 Å². The van der Waals surface area contributed by atoms with Gasteiger partial charge in [0, 0.05) is 0 Å². The maximum atomic E-state index is 11.5. The highest BCUT2D eigenvalue weighted by Gasteiger charge is 2.09. The molecule has 0 radical (unpaired) electrons. The predicted molar refractivity (Wildman–Crippen MR) is 72.4 cm³/mol. The Morgan fingerprint density at radius 3 is 2.26 bits per heavy atom. The summed E-state index contributed by atoms with van der Waals surface area (Å²) >= 11 is 0. The lowest BCUT2D eigenvalue weighted by Gasteiger charge is -2.14. The van der Waals surface area contributed by atoms with Crippen molar-refractivity contribution >= 4 is 5.91 Å². The summed E-state index contributed by atoms with van der Waals surface area (Å²) in [5.74, 6) is 1.14. The van der Waals surface area contributed by atoms with Gasteiger partial charge in [-0.05, 0) is 37.6 Å². The summed E-state index contributed by atoms with van der Waals surface area (Å²) < 4.78 is 10.6. The third kappa shape index (κ3) is 5.61. The molecule has 106 valence electrons. The lowest BCUT2D eigenvalue weighted by molar-refractivity contribution is -0.124. The van der Waals surface area contributed by atoms with E-state index in [4.69, 9.17) is 14.6 Å². The number of hydrogen-bond acceptors (Lipinski definition) is 4. The van der Waals surface area contributed by atoms with Crippen LogP contribution in [0.15, 0.2) is 24.3 Å². The Balaban J connectivity index is 2.37. The molecule has 0 saturated heterocycles. The molecule has 0 aliphatic rings. The van der Waals surface area contributed by atoms with Gasteiger partial charge in [0.1, 0.15) is 11.5 Å². The second-order valence-electron chi connectivity index (χ2n) is 4.05. The molecule has 1 amide bonds. The van der Waals surface area contributed by atoms with Crippen molar-refractivity contribution in [3.05, 3.63) is 24.3 Å². The highest BCUT2D eigenvalue weighted by atomic mass is 16.5. The van der Waals surface area contributed by atoms with E-state index in [1.807, 2.05) is 13.8 Å². The van der Waals surface area contributed by atoms with Crippen LogP contribution in [0.1, 0.15) is 20.3 Å². The number of carbonyl (C=O) groups excluding carboxylic acids is 1. The van der Waals surface area contributed by atoms with Gasteiger partial charge in [-0.1, -0.05) is 6.92 Å². The van der Waals surface area contributed by atoms with Gasteiger partial charge >= 0.3 is 0 Å². The van der Waals surface area contributed by atoms with Crippen molar-refractivity contribution in [1.29, 1.82) is 0 Å². The molecule has 0 bridgehead atoms. The van der Waals surface area contributed by atoms with Gasteiger partial charge in [0.05, 0.1) is 19.3 Å². The van der Waals surface area contributed by atoms with Crippen LogP contribution >= 0.6 is 0 Å². The molecule has 1 aromatic carbocycles. The number of ether oxygens (including phenoxy) is 2. The highest BCUT2D eigenvalue weighted by Crippen LogP contribution is 2.17. The minimum absolute atomic E-state index is 0.0642. The zero-order valence-corrected chi connectivity index (χ0v) is 11.4. The Hall–Kier alpha value is -1.75. The quantitative estimate of drug-likeness (QED) is 0.746. The number of benzene rings is 1. The molecule has 5 nitrogen and oxygen atoms in total. The van der Waals surface area contributed by atoms with E-state index >= 15 is 0 Å². The average molecular weight is 267 g/mol. The first-order valence-electron chi connectivity index (χ1n) is 6.45. The third-order valence-electron chi connectivity index (χ3n) is 2.58. The molecular weight excluding hydrogens is 246 g/mol. The molecule has 0 aliphatic heterocycles. The van der Waals surface area contributed by atoms with Crippen molar-refractivity contribution in [2.24, 2.45) is 0 Å². The lowest BCUT2D eigenvalue weighted by atomic mass is 10.2. The second kappa shape index (κ2) is 8.37. The van der Waals surface area contributed by atoms with Crippen LogP contribution in [0.25, 0.3) is 0 Å². The maximum absolute atomic E-state index is 11.5. The zero-order chi connectivity index (χ0) is 14.1. The molecule has 1 atom stereocenters. The smallest absolute Gasteiger partial charge is 0.258 e. The highest BCUT2D eigenvalue weighted by molar-refractivity contribution is 5.77. The Morgan fingerprint density at radius 1 is 1.21 bits per heavy atom. The van der Waals surface area contributed by atoms with Crippen molar-refractivity contribution in [2.75, 3.05) is 19.8 Å². The number of aliphatic hydroxyl groups excluding tert-OH is 1. The molecular formula is C14H21NO4. The first kappa shape index (κ1) is 15.3. The normalized spacial score (nSPS) is 11.7. The fourth-order valence-corrected chi connectivity index (χ4v) is 1.49. The minimum Gasteiger partial charge on any atom is -0.494 e. The molecule has 2 N–H and O–H groups in total. The monoisotopic (exact) mass is 267 g/mol. The molecule has 0 spiro atoms. The molecule has 1 aromatic rings. The van der Waals surface area contributed by atoms with E-state index in [1.165, 1.54) is 0 Å². The van der Waals surface area contributed by atoms with Crippen LogP contribution in [0, 0.1) is 0 Å². The molecule has 0 aliphatic carbocycles. The van der Waals surface area contributed by atoms with E-state index in [-0.39, 0.29) is 25.2 Å². The van der Waals surface area contributed by atoms with Crippen LogP contribution in [-0.4, -0.2) is 36.9 Å². The molecule has 0 aromatic heterocycles. The fraction of sp³-hybridized carbons (Fsp3) is 0.500. The summed E-state index contributed by atoms with van der Waals surface area (Å²) in [5.41, 5.74) is 0. The van der Waals surface area contributed by atoms with E-state index < -0.39 is 0 Å². The molecule has 5 heteroatoms. The Kier molecular flexibility index (Phi) is 6.74. The Labute approximate surface area is 113 Å². The van der Waals surface area contributed by atoms with Gasteiger partial charge in [0.25, 0.3) is 5.91 Å². The Bertz CT molecular complexity index is 374. The van der Waals surface area contributed by atoms with Gasteiger partial charge in [-0.2, -0.15) is 0 Å². The summed E-state index contributed by atoms with van der Waals surface area (Å²) in [6, 6.07) is 6.87. The van der Waals surface area contributed by atoms with Crippen LogP contribution in [0.5, 0.6) is 11.5 Å². The standard InChI is InChI=1S/C14H21NO4/c1-3-11(9-16)15-14(17)10-19-13-7-5-12(6-8-13)18-4-2/h5-8,11,16H,3-4,9-10H2,1-2H3,(H,15,17). The van der Waals surface area contributed by atoms with Gasteiger partial charge in [-0.15, -0.1) is 0 Å². The molecule has 1 unspecified atom stereocenters. The van der Waals surface area contributed by atoms with Crippen molar-refractivity contribution in [3.63, 3.8) is 0 Å². The summed E-state index contributed by atoms with van der Waals surface area (Å²) in [7, 11) is 0. The number of amides is 1. The number of rotatable bonds is 8. The average Bonchev–Trinajstić information content (AvgIpc) is 2.44. The Morgan fingerprint density at radius 2 is 1.79 bits per heavy atom. The van der Waals surface area contributed by atoms with Crippen molar-refractivity contribution in [3.8, 4) is 11.5 Å². The third-order valence-corrected chi connectivity index (χ3v) is 2.58. The second-order valence-corrected chi connectivity index (χ2v) is 4.05. The number of aliphatic hydroxyl groups is 1. The molecule has 1 rings (SSSR count). The summed E-state index contributed by atoms with van der Waals surface area (Å²) in [6.45, 7) is 4.30. The van der Waals surface area contributed by atoms with Gasteiger partial charge in [-0.3, -0.25) is 4.79 Å². The van der Waals surface area contributed by atoms with Gasteiger partial charge in [0.15, 0.2) is 6.61 Å². The topological polar surface area (TPSA) is 67.8 Å². The van der Waals surface area contributed by atoms with Gasteiger partial charge in [-0.25, -0.2) is 0 Å². The molecule has 19 heavy (non-hydrogen) atoms. The van der Waals surface area contributed by atoms with Crippen molar-refractivity contribution in [1.82, 2.24) is 5.32 Å². The van der Waals surface area contributed by atoms with E-state index in [9.17, 15) is 4.79 Å². The largest absolute Gasteiger partial charge is 0.494 e. The fourth-order valence-electron chi connectivity index (χ4n) is 1.49. The van der Waals surface area contributed by atoms with Crippen LogP contribution in [0.4, 0.5) is 0 Å². The number of carbonyl (C=O) groups is 1. The molecule has 0 saturated carbocycles. The van der Waals surface area contributed by atoms with E-state index in [1.54, 1.807) is 24.3 Å². The molecule has 0 fully saturated rings. The van der Waals surface area contributed by atoms with E-state index in [2.05, 4.69) is 5.32 Å².